The minimum absolute atomic E-state index is 0.245. The minimum Gasteiger partial charge on any atom is -0.494 e. The number of rotatable bonds is 5. The third-order valence-corrected chi connectivity index (χ3v) is 2.01. The maximum Gasteiger partial charge on any atom is 0.330 e. The summed E-state index contributed by atoms with van der Waals surface area (Å²) in [6.45, 7) is 5.95. The van der Waals surface area contributed by atoms with Crippen LogP contribution in [0.3, 0.4) is 0 Å². The van der Waals surface area contributed by atoms with Gasteiger partial charge in [-0.05, 0) is 13.0 Å². The number of allylic oxidation sites excluding steroid dienone is 5. The molecule has 1 aliphatic carbocycles. The zero-order valence-corrected chi connectivity index (χ0v) is 9.44. The SMILES string of the molecule is C=CC(=O)OCCOC1=CC=C(C)C=CC1. The molecule has 0 heterocycles. The van der Waals surface area contributed by atoms with Crippen molar-refractivity contribution in [2.75, 3.05) is 13.2 Å². The fourth-order valence-electron chi connectivity index (χ4n) is 1.19. The van der Waals surface area contributed by atoms with E-state index in [1.165, 1.54) is 5.57 Å². The van der Waals surface area contributed by atoms with Crippen LogP contribution in [0.15, 0.2) is 48.3 Å². The molecular formula is C13H16O3. The van der Waals surface area contributed by atoms with E-state index in [1.54, 1.807) is 0 Å². The summed E-state index contributed by atoms with van der Waals surface area (Å²) in [7, 11) is 0. The average Bonchev–Trinajstić information content (AvgIpc) is 2.49. The molecule has 0 saturated carbocycles. The average molecular weight is 220 g/mol. The second-order valence-electron chi connectivity index (χ2n) is 3.37. The smallest absolute Gasteiger partial charge is 0.330 e. The Kier molecular flexibility index (Phi) is 5.12. The molecule has 3 heteroatoms. The van der Waals surface area contributed by atoms with Gasteiger partial charge in [-0.3, -0.25) is 0 Å². The van der Waals surface area contributed by atoms with E-state index >= 15 is 0 Å². The highest BCUT2D eigenvalue weighted by Crippen LogP contribution is 2.11. The quantitative estimate of drug-likeness (QED) is 0.406. The monoisotopic (exact) mass is 220 g/mol. The Labute approximate surface area is 95.7 Å². The van der Waals surface area contributed by atoms with Gasteiger partial charge in [0.2, 0.25) is 0 Å². The van der Waals surface area contributed by atoms with Crippen LogP contribution in [0, 0.1) is 0 Å². The summed E-state index contributed by atoms with van der Waals surface area (Å²) in [5, 5.41) is 0. The highest BCUT2D eigenvalue weighted by molar-refractivity contribution is 5.81. The minimum atomic E-state index is -0.422. The van der Waals surface area contributed by atoms with Gasteiger partial charge in [-0.2, -0.15) is 0 Å². The van der Waals surface area contributed by atoms with Crippen LogP contribution in [0.25, 0.3) is 0 Å². The normalized spacial score (nSPS) is 14.6. The molecule has 0 spiro atoms. The fourth-order valence-corrected chi connectivity index (χ4v) is 1.19. The van der Waals surface area contributed by atoms with Crippen molar-refractivity contribution in [3.8, 4) is 0 Å². The Morgan fingerprint density at radius 2 is 2.31 bits per heavy atom. The Morgan fingerprint density at radius 3 is 3.06 bits per heavy atom. The molecule has 3 nitrogen and oxygen atoms in total. The third-order valence-electron chi connectivity index (χ3n) is 2.01. The van der Waals surface area contributed by atoms with E-state index < -0.39 is 5.97 Å². The van der Waals surface area contributed by atoms with Gasteiger partial charge in [-0.25, -0.2) is 4.79 Å². The molecule has 0 N–H and O–H groups in total. The maximum absolute atomic E-state index is 10.7. The topological polar surface area (TPSA) is 35.5 Å². The first-order valence-corrected chi connectivity index (χ1v) is 5.18. The van der Waals surface area contributed by atoms with Crippen molar-refractivity contribution < 1.29 is 14.3 Å². The molecular weight excluding hydrogens is 204 g/mol. The fraction of sp³-hybridized carbons (Fsp3) is 0.308. The van der Waals surface area contributed by atoms with E-state index in [1.807, 2.05) is 31.2 Å². The zero-order chi connectivity index (χ0) is 11.8. The Morgan fingerprint density at radius 1 is 1.50 bits per heavy atom. The maximum atomic E-state index is 10.7. The molecule has 0 atom stereocenters. The predicted molar refractivity (Wildman–Crippen MR) is 62.7 cm³/mol. The van der Waals surface area contributed by atoms with Gasteiger partial charge in [0, 0.05) is 12.5 Å². The first kappa shape index (κ1) is 12.3. The van der Waals surface area contributed by atoms with Crippen molar-refractivity contribution in [1.82, 2.24) is 0 Å². The van der Waals surface area contributed by atoms with Crippen molar-refractivity contribution in [1.29, 1.82) is 0 Å². The number of hydrogen-bond acceptors (Lipinski definition) is 3. The van der Waals surface area contributed by atoms with Crippen LogP contribution in [-0.4, -0.2) is 19.2 Å². The second kappa shape index (κ2) is 6.67. The molecule has 0 aromatic heterocycles. The zero-order valence-electron chi connectivity index (χ0n) is 9.44. The lowest BCUT2D eigenvalue weighted by molar-refractivity contribution is -0.138. The molecule has 86 valence electrons. The highest BCUT2D eigenvalue weighted by atomic mass is 16.6. The molecule has 0 aromatic carbocycles. The number of ether oxygens (including phenoxy) is 2. The van der Waals surface area contributed by atoms with Crippen LogP contribution in [0.1, 0.15) is 13.3 Å². The van der Waals surface area contributed by atoms with Gasteiger partial charge < -0.3 is 9.47 Å². The third kappa shape index (κ3) is 4.64. The Bertz CT molecular complexity index is 348. The van der Waals surface area contributed by atoms with Crippen LogP contribution < -0.4 is 0 Å². The Balaban J connectivity index is 2.26. The molecule has 0 fully saturated rings. The van der Waals surface area contributed by atoms with E-state index in [9.17, 15) is 4.79 Å². The summed E-state index contributed by atoms with van der Waals surface area (Å²) in [5.74, 6) is 0.455. The Hall–Kier alpha value is -1.77. The molecule has 0 saturated heterocycles. The lowest BCUT2D eigenvalue weighted by Crippen LogP contribution is -2.08. The summed E-state index contributed by atoms with van der Waals surface area (Å²) >= 11 is 0. The number of esters is 1. The van der Waals surface area contributed by atoms with Crippen LogP contribution in [0.2, 0.25) is 0 Å². The van der Waals surface area contributed by atoms with Crippen LogP contribution in [0.5, 0.6) is 0 Å². The molecule has 0 amide bonds. The van der Waals surface area contributed by atoms with Crippen LogP contribution in [-0.2, 0) is 14.3 Å². The number of hydrogen-bond donors (Lipinski definition) is 0. The molecule has 16 heavy (non-hydrogen) atoms. The van der Waals surface area contributed by atoms with Gasteiger partial charge in [0.25, 0.3) is 0 Å². The van der Waals surface area contributed by atoms with E-state index in [0.717, 1.165) is 18.3 Å². The van der Waals surface area contributed by atoms with Gasteiger partial charge in [0.1, 0.15) is 13.2 Å². The van der Waals surface area contributed by atoms with E-state index in [2.05, 4.69) is 6.58 Å². The number of carbonyl (C=O) groups is 1. The van der Waals surface area contributed by atoms with E-state index in [4.69, 9.17) is 9.47 Å². The standard InChI is InChI=1S/C13H16O3/c1-3-13(14)16-10-9-15-12-6-4-5-11(2)7-8-12/h3-5,7-8H,1,6,9-10H2,2H3. The van der Waals surface area contributed by atoms with Crippen LogP contribution in [0.4, 0.5) is 0 Å². The lowest BCUT2D eigenvalue weighted by atomic mass is 10.3. The van der Waals surface area contributed by atoms with Gasteiger partial charge in [-0.15, -0.1) is 0 Å². The highest BCUT2D eigenvalue weighted by Gasteiger charge is 2.00. The summed E-state index contributed by atoms with van der Waals surface area (Å²) in [4.78, 5) is 10.7. The number of carbonyl (C=O) groups excluding carboxylic acids is 1. The second-order valence-corrected chi connectivity index (χ2v) is 3.37. The van der Waals surface area contributed by atoms with E-state index in [-0.39, 0.29) is 6.61 Å². The van der Waals surface area contributed by atoms with Crippen molar-refractivity contribution in [3.05, 3.63) is 48.3 Å². The van der Waals surface area contributed by atoms with Gasteiger partial charge in [0.05, 0.1) is 5.76 Å². The van der Waals surface area contributed by atoms with Gasteiger partial charge >= 0.3 is 5.97 Å². The largest absolute Gasteiger partial charge is 0.494 e. The lowest BCUT2D eigenvalue weighted by Gasteiger charge is -2.07. The van der Waals surface area contributed by atoms with Crippen molar-refractivity contribution in [2.45, 2.75) is 13.3 Å². The first-order chi connectivity index (χ1) is 7.72. The van der Waals surface area contributed by atoms with Crippen LogP contribution >= 0.6 is 0 Å². The predicted octanol–water partition coefficient (Wildman–Crippen LogP) is 2.52. The summed E-state index contributed by atoms with van der Waals surface area (Å²) in [5.41, 5.74) is 1.19. The summed E-state index contributed by atoms with van der Waals surface area (Å²) < 4.78 is 10.3. The summed E-state index contributed by atoms with van der Waals surface area (Å²) in [6.07, 6.45) is 9.92. The molecule has 1 aliphatic rings. The van der Waals surface area contributed by atoms with Crippen molar-refractivity contribution in [3.63, 3.8) is 0 Å². The van der Waals surface area contributed by atoms with E-state index in [0.29, 0.717) is 6.61 Å². The molecule has 0 aliphatic heterocycles. The van der Waals surface area contributed by atoms with Gasteiger partial charge in [-0.1, -0.05) is 30.4 Å². The van der Waals surface area contributed by atoms with Gasteiger partial charge in [0.15, 0.2) is 0 Å². The molecule has 0 unspecified atom stereocenters. The first-order valence-electron chi connectivity index (χ1n) is 5.18. The molecule has 0 aromatic rings. The van der Waals surface area contributed by atoms with Crippen molar-refractivity contribution >= 4 is 5.97 Å². The molecule has 0 bridgehead atoms. The molecule has 1 rings (SSSR count). The molecule has 0 radical (unpaired) electrons. The summed E-state index contributed by atoms with van der Waals surface area (Å²) in [6, 6.07) is 0. The van der Waals surface area contributed by atoms with Crippen molar-refractivity contribution in [2.24, 2.45) is 0 Å².